The summed E-state index contributed by atoms with van der Waals surface area (Å²) in [6.45, 7) is 1.91. The van der Waals surface area contributed by atoms with E-state index < -0.39 is 12.9 Å². The van der Waals surface area contributed by atoms with Crippen LogP contribution in [0.1, 0.15) is 23.2 Å². The lowest BCUT2D eigenvalue weighted by atomic mass is 9.64. The smallest absolute Gasteiger partial charge is 0.526 e. The SMILES string of the molecule is CNc1nc(/C(=N/O)C(=O)C[C@H]2Cc3cccc(C)c3OB2O)cs1. The molecule has 2 aromatic rings. The van der Waals surface area contributed by atoms with Crippen molar-refractivity contribution in [2.24, 2.45) is 5.16 Å². The number of oxime groups is 1. The molecule has 0 saturated carbocycles. The van der Waals surface area contributed by atoms with Crippen LogP contribution in [0.2, 0.25) is 5.82 Å². The molecule has 0 saturated heterocycles. The number of aryl methyl sites for hydroxylation is 1. The summed E-state index contributed by atoms with van der Waals surface area (Å²) in [5, 5.41) is 27.7. The maximum Gasteiger partial charge on any atom is 0.526 e. The van der Waals surface area contributed by atoms with Crippen LogP contribution >= 0.6 is 11.3 Å². The van der Waals surface area contributed by atoms with Gasteiger partial charge in [0.25, 0.3) is 0 Å². The molecule has 1 aromatic heterocycles. The number of aromatic nitrogens is 1. The molecule has 3 rings (SSSR count). The Morgan fingerprint density at radius 2 is 2.36 bits per heavy atom. The zero-order valence-corrected chi connectivity index (χ0v) is 14.7. The number of Topliss-reactive ketones (excluding diaryl/α,β-unsaturated/α-hetero) is 1. The molecule has 1 aliphatic rings. The summed E-state index contributed by atoms with van der Waals surface area (Å²) >= 11 is 1.31. The zero-order chi connectivity index (χ0) is 18.0. The van der Waals surface area contributed by atoms with Gasteiger partial charge in [-0.2, -0.15) is 0 Å². The number of carbonyl (C=O) groups is 1. The molecule has 3 N–H and O–H groups in total. The summed E-state index contributed by atoms with van der Waals surface area (Å²) in [5.74, 6) is -0.131. The van der Waals surface area contributed by atoms with E-state index in [4.69, 9.17) is 4.65 Å². The minimum absolute atomic E-state index is 0.000353. The van der Waals surface area contributed by atoms with Crippen molar-refractivity contribution < 1.29 is 19.7 Å². The van der Waals surface area contributed by atoms with Crippen molar-refractivity contribution in [1.82, 2.24) is 4.98 Å². The van der Waals surface area contributed by atoms with Crippen LogP contribution in [0.4, 0.5) is 5.13 Å². The minimum Gasteiger partial charge on any atom is -0.536 e. The molecule has 1 aliphatic heterocycles. The quantitative estimate of drug-likeness (QED) is 0.327. The molecule has 9 heteroatoms. The molecule has 1 atom stereocenters. The number of nitrogens with zero attached hydrogens (tertiary/aromatic N) is 2. The Bertz CT molecular complexity index is 823. The van der Waals surface area contributed by atoms with Crippen LogP contribution in [0, 0.1) is 6.92 Å². The molecular formula is C16H18BN3O4S. The summed E-state index contributed by atoms with van der Waals surface area (Å²) in [5.41, 5.74) is 2.10. The van der Waals surface area contributed by atoms with Crippen molar-refractivity contribution in [3.05, 3.63) is 40.4 Å². The Hall–Kier alpha value is -2.39. The van der Waals surface area contributed by atoms with Crippen LogP contribution < -0.4 is 9.97 Å². The number of anilines is 1. The summed E-state index contributed by atoms with van der Waals surface area (Å²) in [7, 11) is 0.635. The standard InChI is InChI=1S/C16H18BN3O4S/c1-9-4-3-5-10-6-11(17(22)24-15(9)10)7-13(21)14(20-23)12-8-25-16(18-2)19-12/h3-5,8,11,22-23H,6-7H2,1-2H3,(H,18,19)/b20-14-/t11-/m1/s1. The largest absolute Gasteiger partial charge is 0.536 e. The van der Waals surface area contributed by atoms with Crippen LogP contribution in [0.25, 0.3) is 0 Å². The highest BCUT2D eigenvalue weighted by atomic mass is 32.1. The van der Waals surface area contributed by atoms with Crippen LogP contribution in [-0.4, -0.2) is 40.9 Å². The lowest BCUT2D eigenvalue weighted by Gasteiger charge is -2.28. The Balaban J connectivity index is 1.76. The maximum absolute atomic E-state index is 12.6. The molecule has 2 heterocycles. The molecule has 0 unspecified atom stereocenters. The molecule has 7 nitrogen and oxygen atoms in total. The highest BCUT2D eigenvalue weighted by Gasteiger charge is 2.37. The molecule has 130 valence electrons. The maximum atomic E-state index is 12.6. The van der Waals surface area contributed by atoms with Gasteiger partial charge >= 0.3 is 7.12 Å². The van der Waals surface area contributed by atoms with E-state index in [0.717, 1.165) is 11.1 Å². The van der Waals surface area contributed by atoms with E-state index in [2.05, 4.69) is 15.5 Å². The fourth-order valence-corrected chi connectivity index (χ4v) is 3.55. The third kappa shape index (κ3) is 3.52. The number of fused-ring (bicyclic) bond motifs is 1. The zero-order valence-electron chi connectivity index (χ0n) is 13.9. The van der Waals surface area contributed by atoms with Gasteiger partial charge in [-0.15, -0.1) is 11.3 Å². The van der Waals surface area contributed by atoms with Gasteiger partial charge in [-0.3, -0.25) is 4.79 Å². The van der Waals surface area contributed by atoms with Crippen LogP contribution in [0.3, 0.4) is 0 Å². The first-order valence-electron chi connectivity index (χ1n) is 7.85. The van der Waals surface area contributed by atoms with Gasteiger partial charge in [-0.1, -0.05) is 23.4 Å². The predicted molar refractivity (Wildman–Crippen MR) is 96.8 cm³/mol. The number of hydrogen-bond donors (Lipinski definition) is 3. The van der Waals surface area contributed by atoms with Gasteiger partial charge in [-0.25, -0.2) is 4.98 Å². The fraction of sp³-hybridized carbons (Fsp3) is 0.312. The topological polar surface area (TPSA) is 104 Å². The number of nitrogens with one attached hydrogen (secondary N) is 1. The molecule has 0 spiro atoms. The number of benzene rings is 1. The van der Waals surface area contributed by atoms with Gasteiger partial charge in [0.1, 0.15) is 11.4 Å². The van der Waals surface area contributed by atoms with Crippen molar-refractivity contribution >= 4 is 35.1 Å². The summed E-state index contributed by atoms with van der Waals surface area (Å²) < 4.78 is 5.59. The summed E-state index contributed by atoms with van der Waals surface area (Å²) in [4.78, 5) is 16.7. The second-order valence-corrected chi connectivity index (χ2v) is 6.76. The van der Waals surface area contributed by atoms with E-state index >= 15 is 0 Å². The van der Waals surface area contributed by atoms with Crippen molar-refractivity contribution in [2.75, 3.05) is 12.4 Å². The predicted octanol–water partition coefficient (Wildman–Crippen LogP) is 2.12. The van der Waals surface area contributed by atoms with Crippen molar-refractivity contribution in [2.45, 2.75) is 25.6 Å². The van der Waals surface area contributed by atoms with Crippen LogP contribution in [-0.2, 0) is 11.2 Å². The fourth-order valence-electron chi connectivity index (χ4n) is 2.90. The van der Waals surface area contributed by atoms with Gasteiger partial charge in [0, 0.05) is 24.7 Å². The van der Waals surface area contributed by atoms with Crippen molar-refractivity contribution in [3.63, 3.8) is 0 Å². The second kappa shape index (κ2) is 7.24. The Morgan fingerprint density at radius 1 is 1.56 bits per heavy atom. The third-order valence-electron chi connectivity index (χ3n) is 4.19. The molecule has 1 aromatic carbocycles. The first-order chi connectivity index (χ1) is 12.0. The van der Waals surface area contributed by atoms with Crippen molar-refractivity contribution in [3.8, 4) is 5.75 Å². The Morgan fingerprint density at radius 3 is 3.04 bits per heavy atom. The number of hydrogen-bond acceptors (Lipinski definition) is 8. The normalized spacial score (nSPS) is 17.0. The minimum atomic E-state index is -1.08. The first-order valence-corrected chi connectivity index (χ1v) is 8.73. The molecular weight excluding hydrogens is 341 g/mol. The number of rotatable bonds is 5. The summed E-state index contributed by atoms with van der Waals surface area (Å²) in [6.07, 6.45) is 0.516. The number of ketones is 1. The first kappa shape index (κ1) is 17.4. The average molecular weight is 359 g/mol. The van der Waals surface area contributed by atoms with Crippen LogP contribution in [0.15, 0.2) is 28.7 Å². The number of para-hydroxylation sites is 1. The lowest BCUT2D eigenvalue weighted by molar-refractivity contribution is -0.113. The van der Waals surface area contributed by atoms with E-state index in [1.54, 1.807) is 12.4 Å². The van der Waals surface area contributed by atoms with Gasteiger partial charge in [0.05, 0.1) is 0 Å². The molecule has 0 aliphatic carbocycles. The lowest BCUT2D eigenvalue weighted by Crippen LogP contribution is -2.36. The molecule has 0 radical (unpaired) electrons. The van der Waals surface area contributed by atoms with Gasteiger partial charge in [0.2, 0.25) is 0 Å². The number of carbonyl (C=O) groups excluding carboxylic acids is 1. The summed E-state index contributed by atoms with van der Waals surface area (Å²) in [6, 6.07) is 5.75. The average Bonchev–Trinajstić information content (AvgIpc) is 3.06. The Kier molecular flexibility index (Phi) is 5.05. The molecule has 25 heavy (non-hydrogen) atoms. The third-order valence-corrected chi connectivity index (χ3v) is 5.05. The Labute approximate surface area is 149 Å². The van der Waals surface area contributed by atoms with E-state index in [1.165, 1.54) is 11.3 Å². The molecule has 0 fully saturated rings. The number of thiazole rings is 1. The highest BCUT2D eigenvalue weighted by molar-refractivity contribution is 7.14. The van der Waals surface area contributed by atoms with Crippen LogP contribution in [0.5, 0.6) is 5.75 Å². The van der Waals surface area contributed by atoms with Gasteiger partial charge < -0.3 is 20.2 Å². The van der Waals surface area contributed by atoms with E-state index in [1.807, 2.05) is 25.1 Å². The van der Waals surface area contributed by atoms with E-state index in [9.17, 15) is 15.0 Å². The van der Waals surface area contributed by atoms with Gasteiger partial charge in [-0.05, 0) is 24.5 Å². The van der Waals surface area contributed by atoms with E-state index in [0.29, 0.717) is 23.0 Å². The monoisotopic (exact) mass is 359 g/mol. The van der Waals surface area contributed by atoms with Crippen molar-refractivity contribution in [1.29, 1.82) is 0 Å². The molecule has 0 bridgehead atoms. The highest BCUT2D eigenvalue weighted by Crippen LogP contribution is 2.36. The second-order valence-electron chi connectivity index (χ2n) is 5.90. The molecule has 0 amide bonds. The van der Waals surface area contributed by atoms with Gasteiger partial charge in [0.15, 0.2) is 16.6 Å². The van der Waals surface area contributed by atoms with E-state index in [-0.39, 0.29) is 17.9 Å².